The molecule has 2 nitrogen and oxygen atoms in total. The zero-order valence-corrected chi connectivity index (χ0v) is 11.4. The van der Waals surface area contributed by atoms with Crippen molar-refractivity contribution in [1.29, 1.82) is 0 Å². The minimum atomic E-state index is 0.595. The Morgan fingerprint density at radius 3 is 2.33 bits per heavy atom. The smallest absolute Gasteiger partial charge is 0.120 e. The standard InChI is InChI=1S/C16H21NO/c1-12(2)15-6-4-14(5-7-15)10-17-11-16-13(3)8-9-18-16/h4-9,12,17H,10-11H2,1-3H3. The summed E-state index contributed by atoms with van der Waals surface area (Å²) in [5.41, 5.74) is 3.90. The highest BCUT2D eigenvalue weighted by Gasteiger charge is 2.02. The molecule has 0 aliphatic heterocycles. The van der Waals surface area contributed by atoms with Crippen molar-refractivity contribution in [3.8, 4) is 0 Å². The molecule has 0 amide bonds. The van der Waals surface area contributed by atoms with Gasteiger partial charge in [0.1, 0.15) is 5.76 Å². The molecule has 2 aromatic rings. The molecule has 0 bridgehead atoms. The predicted octanol–water partition coefficient (Wildman–Crippen LogP) is 4.00. The van der Waals surface area contributed by atoms with Gasteiger partial charge < -0.3 is 9.73 Å². The van der Waals surface area contributed by atoms with Crippen molar-refractivity contribution in [1.82, 2.24) is 5.32 Å². The van der Waals surface area contributed by atoms with Crippen molar-refractivity contribution in [2.45, 2.75) is 39.8 Å². The fourth-order valence-corrected chi connectivity index (χ4v) is 1.93. The zero-order valence-electron chi connectivity index (χ0n) is 11.4. The van der Waals surface area contributed by atoms with Crippen LogP contribution in [-0.4, -0.2) is 0 Å². The van der Waals surface area contributed by atoms with Crippen molar-refractivity contribution in [3.05, 3.63) is 59.0 Å². The van der Waals surface area contributed by atoms with Crippen LogP contribution < -0.4 is 5.32 Å². The van der Waals surface area contributed by atoms with Crippen LogP contribution in [0, 0.1) is 6.92 Å². The maximum absolute atomic E-state index is 5.39. The summed E-state index contributed by atoms with van der Waals surface area (Å²) in [5, 5.41) is 3.40. The van der Waals surface area contributed by atoms with Gasteiger partial charge in [-0.2, -0.15) is 0 Å². The molecular weight excluding hydrogens is 222 g/mol. The van der Waals surface area contributed by atoms with Crippen LogP contribution in [0.25, 0.3) is 0 Å². The highest BCUT2D eigenvalue weighted by atomic mass is 16.3. The van der Waals surface area contributed by atoms with Crippen LogP contribution in [0.4, 0.5) is 0 Å². The van der Waals surface area contributed by atoms with E-state index in [1.54, 1.807) is 6.26 Å². The summed E-state index contributed by atoms with van der Waals surface area (Å²) in [7, 11) is 0. The Balaban J connectivity index is 1.85. The van der Waals surface area contributed by atoms with E-state index in [-0.39, 0.29) is 0 Å². The summed E-state index contributed by atoms with van der Waals surface area (Å²) in [6, 6.07) is 10.8. The van der Waals surface area contributed by atoms with E-state index < -0.39 is 0 Å². The minimum Gasteiger partial charge on any atom is -0.468 e. The molecule has 2 rings (SSSR count). The Hall–Kier alpha value is -1.54. The number of hydrogen-bond donors (Lipinski definition) is 1. The molecule has 0 fully saturated rings. The Morgan fingerprint density at radius 2 is 1.78 bits per heavy atom. The number of aryl methyl sites for hydroxylation is 1. The molecule has 0 atom stereocenters. The van der Waals surface area contributed by atoms with Crippen LogP contribution in [0.3, 0.4) is 0 Å². The van der Waals surface area contributed by atoms with Gasteiger partial charge in [0.25, 0.3) is 0 Å². The van der Waals surface area contributed by atoms with E-state index in [0.717, 1.165) is 18.8 Å². The summed E-state index contributed by atoms with van der Waals surface area (Å²) < 4.78 is 5.39. The molecular formula is C16H21NO. The van der Waals surface area contributed by atoms with Gasteiger partial charge in [-0.1, -0.05) is 38.1 Å². The summed E-state index contributed by atoms with van der Waals surface area (Å²) in [6.45, 7) is 8.15. The number of rotatable bonds is 5. The lowest BCUT2D eigenvalue weighted by Crippen LogP contribution is -2.12. The third-order valence-corrected chi connectivity index (χ3v) is 3.23. The normalized spacial score (nSPS) is 11.1. The molecule has 0 spiro atoms. The molecule has 0 radical (unpaired) electrons. The molecule has 18 heavy (non-hydrogen) atoms. The lowest BCUT2D eigenvalue weighted by molar-refractivity contribution is 0.480. The third-order valence-electron chi connectivity index (χ3n) is 3.23. The second-order valence-corrected chi connectivity index (χ2v) is 5.03. The van der Waals surface area contributed by atoms with Crippen LogP contribution in [0.15, 0.2) is 41.0 Å². The summed E-state index contributed by atoms with van der Waals surface area (Å²) in [5.74, 6) is 1.62. The van der Waals surface area contributed by atoms with Gasteiger partial charge in [0.2, 0.25) is 0 Å². The van der Waals surface area contributed by atoms with Crippen LogP contribution in [0.2, 0.25) is 0 Å². The van der Waals surface area contributed by atoms with E-state index >= 15 is 0 Å². The van der Waals surface area contributed by atoms with E-state index in [1.165, 1.54) is 16.7 Å². The Kier molecular flexibility index (Phi) is 4.21. The predicted molar refractivity (Wildman–Crippen MR) is 74.5 cm³/mol. The number of hydrogen-bond acceptors (Lipinski definition) is 2. The number of furan rings is 1. The Labute approximate surface area is 109 Å². The number of benzene rings is 1. The highest BCUT2D eigenvalue weighted by molar-refractivity contribution is 5.24. The Morgan fingerprint density at radius 1 is 1.06 bits per heavy atom. The van der Waals surface area contributed by atoms with E-state index in [1.807, 2.05) is 6.07 Å². The second-order valence-electron chi connectivity index (χ2n) is 5.03. The van der Waals surface area contributed by atoms with E-state index in [0.29, 0.717) is 5.92 Å². The van der Waals surface area contributed by atoms with E-state index in [2.05, 4.69) is 50.4 Å². The van der Waals surface area contributed by atoms with Crippen LogP contribution in [0.1, 0.15) is 42.2 Å². The van der Waals surface area contributed by atoms with Gasteiger partial charge in [0, 0.05) is 6.54 Å². The lowest BCUT2D eigenvalue weighted by Gasteiger charge is -2.07. The average Bonchev–Trinajstić information content (AvgIpc) is 2.76. The van der Waals surface area contributed by atoms with Gasteiger partial charge in [-0.15, -0.1) is 0 Å². The molecule has 0 saturated heterocycles. The molecule has 2 heteroatoms. The largest absolute Gasteiger partial charge is 0.468 e. The number of nitrogens with one attached hydrogen (secondary N) is 1. The molecule has 96 valence electrons. The molecule has 1 N–H and O–H groups in total. The van der Waals surface area contributed by atoms with Crippen LogP contribution in [-0.2, 0) is 13.1 Å². The molecule has 1 aromatic heterocycles. The first kappa shape index (κ1) is 12.9. The monoisotopic (exact) mass is 243 g/mol. The van der Waals surface area contributed by atoms with Crippen LogP contribution >= 0.6 is 0 Å². The van der Waals surface area contributed by atoms with Crippen molar-refractivity contribution in [2.24, 2.45) is 0 Å². The van der Waals surface area contributed by atoms with Crippen molar-refractivity contribution in [3.63, 3.8) is 0 Å². The molecule has 1 heterocycles. The first-order valence-corrected chi connectivity index (χ1v) is 6.49. The maximum atomic E-state index is 5.39. The molecule has 0 saturated carbocycles. The molecule has 0 aliphatic carbocycles. The van der Waals surface area contributed by atoms with Gasteiger partial charge >= 0.3 is 0 Å². The molecule has 0 unspecified atom stereocenters. The molecule has 0 aliphatic rings. The van der Waals surface area contributed by atoms with Crippen molar-refractivity contribution >= 4 is 0 Å². The summed E-state index contributed by atoms with van der Waals surface area (Å²) >= 11 is 0. The van der Waals surface area contributed by atoms with E-state index in [9.17, 15) is 0 Å². The first-order valence-electron chi connectivity index (χ1n) is 6.49. The molecule has 1 aromatic carbocycles. The second kappa shape index (κ2) is 5.87. The third kappa shape index (κ3) is 3.23. The van der Waals surface area contributed by atoms with Gasteiger partial charge in [-0.25, -0.2) is 0 Å². The van der Waals surface area contributed by atoms with Gasteiger partial charge in [0.15, 0.2) is 0 Å². The fraction of sp³-hybridized carbons (Fsp3) is 0.375. The van der Waals surface area contributed by atoms with E-state index in [4.69, 9.17) is 4.42 Å². The SMILES string of the molecule is Cc1ccoc1CNCc1ccc(C(C)C)cc1. The summed E-state index contributed by atoms with van der Waals surface area (Å²) in [4.78, 5) is 0. The zero-order chi connectivity index (χ0) is 13.0. The van der Waals surface area contributed by atoms with Crippen molar-refractivity contribution in [2.75, 3.05) is 0 Å². The van der Waals surface area contributed by atoms with Crippen LogP contribution in [0.5, 0.6) is 0 Å². The quantitative estimate of drug-likeness (QED) is 0.858. The van der Waals surface area contributed by atoms with Gasteiger partial charge in [0.05, 0.1) is 12.8 Å². The fourth-order valence-electron chi connectivity index (χ4n) is 1.93. The van der Waals surface area contributed by atoms with Gasteiger partial charge in [-0.3, -0.25) is 0 Å². The highest BCUT2D eigenvalue weighted by Crippen LogP contribution is 2.14. The first-order chi connectivity index (χ1) is 8.66. The minimum absolute atomic E-state index is 0.595. The maximum Gasteiger partial charge on any atom is 0.120 e. The lowest BCUT2D eigenvalue weighted by atomic mass is 10.0. The topological polar surface area (TPSA) is 25.2 Å². The Bertz CT molecular complexity index is 482. The van der Waals surface area contributed by atoms with Gasteiger partial charge in [-0.05, 0) is 35.6 Å². The summed E-state index contributed by atoms with van der Waals surface area (Å²) in [6.07, 6.45) is 1.74. The average molecular weight is 243 g/mol. The van der Waals surface area contributed by atoms with Crippen molar-refractivity contribution < 1.29 is 4.42 Å².